The molecule has 3 N–H and O–H groups in total. The fourth-order valence-corrected chi connectivity index (χ4v) is 3.00. The van der Waals surface area contributed by atoms with Gasteiger partial charge in [0.15, 0.2) is 5.96 Å². The number of hydrogen-bond acceptors (Lipinski definition) is 4. The maximum Gasteiger partial charge on any atom is 0.234 e. The molecule has 7 nitrogen and oxygen atoms in total. The van der Waals surface area contributed by atoms with Gasteiger partial charge in [-0.2, -0.15) is 0 Å². The van der Waals surface area contributed by atoms with Gasteiger partial charge in [-0.3, -0.25) is 14.7 Å². The predicted molar refractivity (Wildman–Crippen MR) is 96.2 cm³/mol. The third kappa shape index (κ3) is 5.94. The van der Waals surface area contributed by atoms with Crippen LogP contribution in [0.4, 0.5) is 0 Å². The van der Waals surface area contributed by atoms with E-state index in [-0.39, 0.29) is 11.3 Å². The molecule has 0 aromatic carbocycles. The lowest BCUT2D eigenvalue weighted by atomic mass is 9.89. The summed E-state index contributed by atoms with van der Waals surface area (Å²) < 4.78 is 5.28. The molecule has 0 bridgehead atoms. The van der Waals surface area contributed by atoms with Crippen molar-refractivity contribution in [1.29, 1.82) is 0 Å². The molecule has 0 aromatic rings. The number of likely N-dealkylation sites (tertiary alicyclic amines) is 1. The first kappa shape index (κ1) is 19.0. The van der Waals surface area contributed by atoms with Crippen LogP contribution in [0.3, 0.4) is 0 Å². The third-order valence-electron chi connectivity index (χ3n) is 4.68. The minimum absolute atomic E-state index is 0.136. The van der Waals surface area contributed by atoms with Crippen LogP contribution in [-0.2, 0) is 9.53 Å². The van der Waals surface area contributed by atoms with Gasteiger partial charge in [0.25, 0.3) is 0 Å². The van der Waals surface area contributed by atoms with Crippen molar-refractivity contribution in [2.24, 2.45) is 10.4 Å². The van der Waals surface area contributed by atoms with Gasteiger partial charge < -0.3 is 20.7 Å². The monoisotopic (exact) mass is 339 g/mol. The van der Waals surface area contributed by atoms with Crippen molar-refractivity contribution >= 4 is 11.9 Å². The molecule has 2 rings (SSSR count). The highest BCUT2D eigenvalue weighted by molar-refractivity contribution is 5.80. The largest absolute Gasteiger partial charge is 0.380 e. The SMILES string of the molecule is CCCNC(=O)CN1CCC(NC(=NC)NCC2(C)COC2)CC1. The molecule has 0 unspecified atom stereocenters. The van der Waals surface area contributed by atoms with Crippen LogP contribution in [-0.4, -0.2) is 75.8 Å². The minimum atomic E-state index is 0.136. The van der Waals surface area contributed by atoms with E-state index in [0.717, 1.165) is 64.6 Å². The Morgan fingerprint density at radius 3 is 2.54 bits per heavy atom. The van der Waals surface area contributed by atoms with E-state index in [0.29, 0.717) is 12.6 Å². The molecule has 7 heteroatoms. The molecule has 24 heavy (non-hydrogen) atoms. The van der Waals surface area contributed by atoms with Crippen LogP contribution in [0, 0.1) is 5.41 Å². The summed E-state index contributed by atoms with van der Waals surface area (Å²) in [5.74, 6) is 0.999. The minimum Gasteiger partial charge on any atom is -0.380 e. The van der Waals surface area contributed by atoms with Gasteiger partial charge in [-0.25, -0.2) is 0 Å². The summed E-state index contributed by atoms with van der Waals surface area (Å²) in [7, 11) is 1.81. The molecule has 0 atom stereocenters. The molecule has 0 aliphatic carbocycles. The molecule has 138 valence electrons. The molecule has 2 saturated heterocycles. The lowest BCUT2D eigenvalue weighted by Gasteiger charge is -2.39. The summed E-state index contributed by atoms with van der Waals surface area (Å²) in [6.45, 7) is 9.96. The van der Waals surface area contributed by atoms with Crippen LogP contribution in [0.5, 0.6) is 0 Å². The number of hydrogen-bond donors (Lipinski definition) is 3. The molecule has 2 aliphatic heterocycles. The van der Waals surface area contributed by atoms with Gasteiger partial charge in [-0.05, 0) is 19.3 Å². The van der Waals surface area contributed by atoms with Crippen molar-refractivity contribution in [2.45, 2.75) is 39.2 Å². The van der Waals surface area contributed by atoms with Gasteiger partial charge in [0.1, 0.15) is 0 Å². The van der Waals surface area contributed by atoms with Gasteiger partial charge in [0.05, 0.1) is 19.8 Å². The first-order valence-corrected chi connectivity index (χ1v) is 9.08. The molecular weight excluding hydrogens is 306 g/mol. The lowest BCUT2D eigenvalue weighted by molar-refractivity contribution is -0.122. The Balaban J connectivity index is 1.65. The summed E-state index contributed by atoms with van der Waals surface area (Å²) in [5, 5.41) is 9.85. The molecule has 0 spiro atoms. The van der Waals surface area contributed by atoms with Crippen molar-refractivity contribution in [1.82, 2.24) is 20.9 Å². The molecular formula is C17H33N5O2. The number of amides is 1. The number of aliphatic imine (C=N–C) groups is 1. The molecule has 2 heterocycles. The number of nitrogens with one attached hydrogen (secondary N) is 3. The molecule has 0 saturated carbocycles. The first-order valence-electron chi connectivity index (χ1n) is 9.08. The van der Waals surface area contributed by atoms with E-state index < -0.39 is 0 Å². The van der Waals surface area contributed by atoms with Gasteiger partial charge in [0, 0.05) is 44.7 Å². The number of carbonyl (C=O) groups excluding carboxylic acids is 1. The van der Waals surface area contributed by atoms with Crippen LogP contribution in [0.25, 0.3) is 0 Å². The standard InChI is InChI=1S/C17H33N5O2/c1-4-7-19-15(23)10-22-8-5-14(6-9-22)21-16(18-3)20-11-17(2)12-24-13-17/h14H,4-13H2,1-3H3,(H,19,23)(H2,18,20,21). The van der Waals surface area contributed by atoms with Crippen molar-refractivity contribution < 1.29 is 9.53 Å². The number of carbonyl (C=O) groups is 1. The molecule has 0 radical (unpaired) electrons. The van der Waals surface area contributed by atoms with E-state index in [1.807, 2.05) is 7.05 Å². The van der Waals surface area contributed by atoms with Crippen LogP contribution >= 0.6 is 0 Å². The normalized spacial score (nSPS) is 21.9. The van der Waals surface area contributed by atoms with E-state index in [2.05, 4.69) is 39.7 Å². The second-order valence-corrected chi connectivity index (χ2v) is 7.27. The number of rotatable bonds is 7. The topological polar surface area (TPSA) is 78.0 Å². The fourth-order valence-electron chi connectivity index (χ4n) is 3.00. The highest BCUT2D eigenvalue weighted by atomic mass is 16.5. The number of ether oxygens (including phenoxy) is 1. The van der Waals surface area contributed by atoms with E-state index in [1.165, 1.54) is 0 Å². The Hall–Kier alpha value is -1.34. The Morgan fingerprint density at radius 2 is 2.00 bits per heavy atom. The zero-order valence-electron chi connectivity index (χ0n) is 15.4. The van der Waals surface area contributed by atoms with E-state index >= 15 is 0 Å². The summed E-state index contributed by atoms with van der Waals surface area (Å²) >= 11 is 0. The summed E-state index contributed by atoms with van der Waals surface area (Å²) in [5.41, 5.74) is 0.229. The van der Waals surface area contributed by atoms with Crippen molar-refractivity contribution in [2.75, 3.05) is 53.0 Å². The first-order chi connectivity index (χ1) is 11.5. The van der Waals surface area contributed by atoms with E-state index in [1.54, 1.807) is 0 Å². The molecule has 2 aliphatic rings. The van der Waals surface area contributed by atoms with Gasteiger partial charge in [-0.1, -0.05) is 13.8 Å². The van der Waals surface area contributed by atoms with Gasteiger partial charge in [-0.15, -0.1) is 0 Å². The summed E-state index contributed by atoms with van der Waals surface area (Å²) in [6, 6.07) is 0.414. The average Bonchev–Trinajstić information content (AvgIpc) is 2.56. The third-order valence-corrected chi connectivity index (χ3v) is 4.68. The van der Waals surface area contributed by atoms with Crippen molar-refractivity contribution in [3.8, 4) is 0 Å². The Labute approximate surface area is 145 Å². The smallest absolute Gasteiger partial charge is 0.234 e. The number of piperidine rings is 1. The molecule has 2 fully saturated rings. The molecule has 1 amide bonds. The quantitative estimate of drug-likeness (QED) is 0.456. The maximum atomic E-state index is 11.8. The average molecular weight is 339 g/mol. The van der Waals surface area contributed by atoms with Gasteiger partial charge in [0.2, 0.25) is 5.91 Å². The second-order valence-electron chi connectivity index (χ2n) is 7.27. The lowest BCUT2D eigenvalue weighted by Crippen LogP contribution is -2.54. The zero-order chi connectivity index (χ0) is 17.4. The fraction of sp³-hybridized carbons (Fsp3) is 0.882. The van der Waals surface area contributed by atoms with Crippen LogP contribution in [0.15, 0.2) is 4.99 Å². The van der Waals surface area contributed by atoms with Crippen molar-refractivity contribution in [3.05, 3.63) is 0 Å². The second kappa shape index (κ2) is 9.22. The zero-order valence-corrected chi connectivity index (χ0v) is 15.4. The van der Waals surface area contributed by atoms with Crippen LogP contribution in [0.1, 0.15) is 33.1 Å². The van der Waals surface area contributed by atoms with Crippen molar-refractivity contribution in [3.63, 3.8) is 0 Å². The van der Waals surface area contributed by atoms with E-state index in [4.69, 9.17) is 4.74 Å². The predicted octanol–water partition coefficient (Wildman–Crippen LogP) is 0.179. The highest BCUT2D eigenvalue weighted by Crippen LogP contribution is 2.24. The van der Waals surface area contributed by atoms with Crippen LogP contribution < -0.4 is 16.0 Å². The molecule has 0 aromatic heterocycles. The summed E-state index contributed by atoms with van der Waals surface area (Å²) in [4.78, 5) is 18.3. The summed E-state index contributed by atoms with van der Waals surface area (Å²) in [6.07, 6.45) is 3.04. The van der Waals surface area contributed by atoms with Crippen LogP contribution in [0.2, 0.25) is 0 Å². The number of nitrogens with zero attached hydrogens (tertiary/aromatic N) is 2. The Morgan fingerprint density at radius 1 is 1.29 bits per heavy atom. The maximum absolute atomic E-state index is 11.8. The number of guanidine groups is 1. The van der Waals surface area contributed by atoms with E-state index in [9.17, 15) is 4.79 Å². The Bertz CT molecular complexity index is 429. The van der Waals surface area contributed by atoms with Gasteiger partial charge >= 0.3 is 0 Å². The Kier molecular flexibility index (Phi) is 7.30. The highest BCUT2D eigenvalue weighted by Gasteiger charge is 2.33.